The first-order valence-corrected chi connectivity index (χ1v) is 10.3. The van der Waals surface area contributed by atoms with Crippen molar-refractivity contribution in [3.63, 3.8) is 0 Å². The highest BCUT2D eigenvalue weighted by atomic mass is 14.0. The summed E-state index contributed by atoms with van der Waals surface area (Å²) in [5, 5.41) is 2.67. The Balaban J connectivity index is 0.000000136. The Bertz CT molecular complexity index is 1020. The van der Waals surface area contributed by atoms with E-state index in [1.54, 1.807) is 0 Å². The Kier molecular flexibility index (Phi) is 8.00. The van der Waals surface area contributed by atoms with Gasteiger partial charge in [0, 0.05) is 0 Å². The number of hydrogen-bond donors (Lipinski definition) is 0. The number of aryl methyl sites for hydroxylation is 2. The zero-order chi connectivity index (χ0) is 21.0. The summed E-state index contributed by atoms with van der Waals surface area (Å²) in [6, 6.07) is 45.9. The van der Waals surface area contributed by atoms with Crippen molar-refractivity contribution in [1.29, 1.82) is 0 Å². The maximum absolute atomic E-state index is 2.22. The summed E-state index contributed by atoms with van der Waals surface area (Å²) < 4.78 is 0. The van der Waals surface area contributed by atoms with Crippen LogP contribution < -0.4 is 0 Å². The predicted molar refractivity (Wildman–Crippen MR) is 132 cm³/mol. The summed E-state index contributed by atoms with van der Waals surface area (Å²) >= 11 is 0. The van der Waals surface area contributed by atoms with Crippen LogP contribution in [0.1, 0.15) is 11.1 Å². The lowest BCUT2D eigenvalue weighted by Crippen LogP contribution is -1.76. The lowest BCUT2D eigenvalue weighted by atomic mass is 10.1. The van der Waals surface area contributed by atoms with Crippen molar-refractivity contribution in [2.75, 3.05) is 0 Å². The van der Waals surface area contributed by atoms with Crippen molar-refractivity contribution < 1.29 is 0 Å². The van der Waals surface area contributed by atoms with Crippen molar-refractivity contribution >= 4 is 10.8 Å². The average molecular weight is 389 g/mol. The molecule has 0 unspecified atom stereocenters. The molecule has 0 aromatic heterocycles. The van der Waals surface area contributed by atoms with Gasteiger partial charge in [0.15, 0.2) is 0 Å². The van der Waals surface area contributed by atoms with E-state index in [9.17, 15) is 0 Å². The molecule has 30 heavy (non-hydrogen) atoms. The molecule has 0 aliphatic carbocycles. The normalized spacial score (nSPS) is 9.67. The van der Waals surface area contributed by atoms with E-state index in [1.165, 1.54) is 33.0 Å². The quantitative estimate of drug-likeness (QED) is 0.270. The fourth-order valence-corrected chi connectivity index (χ4v) is 3.13. The largest absolute Gasteiger partial charge is 0.0623 e. The molecule has 5 aromatic carbocycles. The van der Waals surface area contributed by atoms with E-state index in [0.717, 1.165) is 0 Å². The Labute approximate surface area is 180 Å². The Morgan fingerprint density at radius 2 is 0.633 bits per heavy atom. The summed E-state index contributed by atoms with van der Waals surface area (Å²) in [4.78, 5) is 0. The molecule has 0 amide bonds. The average Bonchev–Trinajstić information content (AvgIpc) is 2.82. The fourth-order valence-electron chi connectivity index (χ4n) is 3.13. The lowest BCUT2D eigenvalue weighted by Gasteiger charge is -1.99. The van der Waals surface area contributed by atoms with Crippen LogP contribution in [0, 0.1) is 13.8 Å². The van der Waals surface area contributed by atoms with E-state index in [0.29, 0.717) is 0 Å². The van der Waals surface area contributed by atoms with Crippen LogP contribution in [0.5, 0.6) is 0 Å². The smallest absolute Gasteiger partial charge is 0.0181 e. The molecule has 0 N–H and O–H groups in total. The van der Waals surface area contributed by atoms with Crippen molar-refractivity contribution in [3.05, 3.63) is 145 Å². The first-order valence-electron chi connectivity index (χ1n) is 10.3. The number of hydrogen-bond acceptors (Lipinski definition) is 0. The zero-order valence-electron chi connectivity index (χ0n) is 17.7. The molecule has 0 spiro atoms. The van der Waals surface area contributed by atoms with E-state index in [1.807, 2.05) is 48.5 Å². The van der Waals surface area contributed by atoms with E-state index in [-0.39, 0.29) is 0 Å². The summed E-state index contributed by atoms with van der Waals surface area (Å²) in [7, 11) is 0. The number of fused-ring (bicyclic) bond motifs is 1. The summed E-state index contributed by atoms with van der Waals surface area (Å²) in [6.45, 7) is 4.25. The SMILES string of the molecule is Cc1ccc2cc(C)ccc2c1.c1ccc(-c2ccccc2)cc1.c1ccccc1. The molecule has 148 valence electrons. The van der Waals surface area contributed by atoms with Gasteiger partial charge in [-0.1, -0.05) is 145 Å². The Morgan fingerprint density at radius 3 is 0.967 bits per heavy atom. The molecule has 0 aliphatic rings. The first kappa shape index (κ1) is 21.1. The van der Waals surface area contributed by atoms with Crippen molar-refractivity contribution in [2.24, 2.45) is 0 Å². The molecule has 0 bridgehead atoms. The van der Waals surface area contributed by atoms with Crippen LogP contribution in [-0.2, 0) is 0 Å². The number of benzene rings is 5. The van der Waals surface area contributed by atoms with Crippen molar-refractivity contribution in [1.82, 2.24) is 0 Å². The highest BCUT2D eigenvalue weighted by Gasteiger charge is 1.93. The molecule has 0 aliphatic heterocycles. The molecule has 0 heteroatoms. The highest BCUT2D eigenvalue weighted by Crippen LogP contribution is 2.17. The molecular weight excluding hydrogens is 360 g/mol. The van der Waals surface area contributed by atoms with Gasteiger partial charge in [0.1, 0.15) is 0 Å². The van der Waals surface area contributed by atoms with Gasteiger partial charge < -0.3 is 0 Å². The van der Waals surface area contributed by atoms with Crippen LogP contribution in [0.3, 0.4) is 0 Å². The highest BCUT2D eigenvalue weighted by molar-refractivity contribution is 5.83. The van der Waals surface area contributed by atoms with Crippen LogP contribution in [0.25, 0.3) is 21.9 Å². The molecule has 0 radical (unpaired) electrons. The fraction of sp³-hybridized carbons (Fsp3) is 0.0667. The molecule has 0 atom stereocenters. The van der Waals surface area contributed by atoms with E-state index in [2.05, 4.69) is 98.8 Å². The minimum atomic E-state index is 1.28. The van der Waals surface area contributed by atoms with Crippen molar-refractivity contribution in [2.45, 2.75) is 13.8 Å². The Morgan fingerprint density at radius 1 is 0.333 bits per heavy atom. The third-order valence-corrected chi connectivity index (χ3v) is 4.70. The van der Waals surface area contributed by atoms with Gasteiger partial charge in [-0.3, -0.25) is 0 Å². The van der Waals surface area contributed by atoms with E-state index in [4.69, 9.17) is 0 Å². The zero-order valence-corrected chi connectivity index (χ0v) is 17.7. The van der Waals surface area contributed by atoms with Gasteiger partial charge in [0.05, 0.1) is 0 Å². The number of rotatable bonds is 1. The molecule has 0 saturated carbocycles. The third kappa shape index (κ3) is 6.76. The summed E-state index contributed by atoms with van der Waals surface area (Å²) in [5.41, 5.74) is 5.20. The minimum absolute atomic E-state index is 1.28. The third-order valence-electron chi connectivity index (χ3n) is 4.70. The van der Waals surface area contributed by atoms with Crippen LogP contribution in [0.4, 0.5) is 0 Å². The second-order valence-electron chi connectivity index (χ2n) is 7.24. The van der Waals surface area contributed by atoms with Crippen LogP contribution in [0.15, 0.2) is 133 Å². The summed E-state index contributed by atoms with van der Waals surface area (Å²) in [6.07, 6.45) is 0. The summed E-state index contributed by atoms with van der Waals surface area (Å²) in [5.74, 6) is 0. The van der Waals surface area contributed by atoms with Crippen LogP contribution >= 0.6 is 0 Å². The van der Waals surface area contributed by atoms with E-state index < -0.39 is 0 Å². The van der Waals surface area contributed by atoms with Gasteiger partial charge in [-0.05, 0) is 35.7 Å². The van der Waals surface area contributed by atoms with Gasteiger partial charge in [-0.2, -0.15) is 0 Å². The standard InChI is InChI=1S/C12H12.C12H10.C6H6/c1-9-3-5-12-8-10(2)4-6-11(12)7-9;1-3-7-11(8-4-1)12-9-5-2-6-10-12;1-2-4-6-5-3-1/h3-8H,1-2H3;1-10H;1-6H. The minimum Gasteiger partial charge on any atom is -0.0623 e. The van der Waals surface area contributed by atoms with Gasteiger partial charge in [0.2, 0.25) is 0 Å². The predicted octanol–water partition coefficient (Wildman–Crippen LogP) is 8.50. The molecule has 0 heterocycles. The topological polar surface area (TPSA) is 0 Å². The van der Waals surface area contributed by atoms with E-state index >= 15 is 0 Å². The maximum Gasteiger partial charge on any atom is -0.0181 e. The molecule has 5 rings (SSSR count). The maximum atomic E-state index is 2.22. The van der Waals surface area contributed by atoms with Crippen LogP contribution in [0.2, 0.25) is 0 Å². The second-order valence-corrected chi connectivity index (χ2v) is 7.24. The first-order chi connectivity index (χ1) is 14.7. The molecule has 0 saturated heterocycles. The van der Waals surface area contributed by atoms with Gasteiger partial charge in [-0.25, -0.2) is 0 Å². The Hall–Kier alpha value is -3.64. The molecular formula is C30H28. The van der Waals surface area contributed by atoms with Gasteiger partial charge >= 0.3 is 0 Å². The lowest BCUT2D eigenvalue weighted by molar-refractivity contribution is 1.47. The van der Waals surface area contributed by atoms with Crippen molar-refractivity contribution in [3.8, 4) is 11.1 Å². The van der Waals surface area contributed by atoms with Crippen LogP contribution in [-0.4, -0.2) is 0 Å². The van der Waals surface area contributed by atoms with Gasteiger partial charge in [0.25, 0.3) is 0 Å². The monoisotopic (exact) mass is 388 g/mol. The molecule has 0 nitrogen and oxygen atoms in total. The molecule has 0 fully saturated rings. The van der Waals surface area contributed by atoms with Gasteiger partial charge in [-0.15, -0.1) is 0 Å². The molecule has 5 aromatic rings. The second kappa shape index (κ2) is 11.4.